The van der Waals surface area contributed by atoms with E-state index in [1.807, 2.05) is 26.0 Å². The van der Waals surface area contributed by atoms with E-state index in [1.54, 1.807) is 6.07 Å². The third kappa shape index (κ3) is 2.54. The normalized spacial score (nSPS) is 21.2. The number of carbonyl (C=O) groups excluding carboxylic acids is 1. The Morgan fingerprint density at radius 2 is 2.33 bits per heavy atom. The van der Waals surface area contributed by atoms with Crippen LogP contribution < -0.4 is 4.74 Å². The molecule has 1 aromatic rings. The molecule has 0 aliphatic heterocycles. The third-order valence-corrected chi connectivity index (χ3v) is 4.69. The predicted molar refractivity (Wildman–Crippen MR) is 78.1 cm³/mol. The second-order valence-corrected chi connectivity index (χ2v) is 7.20. The van der Waals surface area contributed by atoms with Crippen molar-refractivity contribution in [3.8, 4) is 5.75 Å². The van der Waals surface area contributed by atoms with Crippen LogP contribution >= 0.6 is 22.6 Å². The van der Waals surface area contributed by atoms with Crippen molar-refractivity contribution >= 4 is 28.6 Å². The molecule has 4 heteroatoms. The summed E-state index contributed by atoms with van der Waals surface area (Å²) >= 11 is 2.12. The van der Waals surface area contributed by atoms with Crippen molar-refractivity contribution in [2.45, 2.75) is 42.6 Å². The van der Waals surface area contributed by atoms with E-state index in [-0.39, 0.29) is 5.97 Å². The number of aliphatic hydroxyl groups is 1. The zero-order valence-electron chi connectivity index (χ0n) is 10.6. The number of halogens is 1. The minimum absolute atomic E-state index is 0.222. The van der Waals surface area contributed by atoms with E-state index in [0.29, 0.717) is 12.2 Å². The molecule has 2 unspecified atom stereocenters. The summed E-state index contributed by atoms with van der Waals surface area (Å²) in [7, 11) is 0. The molecule has 0 saturated carbocycles. The van der Waals surface area contributed by atoms with E-state index in [1.165, 1.54) is 0 Å². The highest BCUT2D eigenvalue weighted by Gasteiger charge is 2.31. The molecule has 98 valence electrons. The maximum absolute atomic E-state index is 12.1. The van der Waals surface area contributed by atoms with Gasteiger partial charge in [-0.3, -0.25) is 4.79 Å². The van der Waals surface area contributed by atoms with E-state index in [2.05, 4.69) is 22.6 Å². The third-order valence-electron chi connectivity index (χ3n) is 3.49. The molecule has 1 aliphatic rings. The summed E-state index contributed by atoms with van der Waals surface area (Å²) < 4.78 is 5.00. The number of rotatable bonds is 3. The van der Waals surface area contributed by atoms with E-state index in [4.69, 9.17) is 4.74 Å². The molecule has 1 aromatic carbocycles. The quantitative estimate of drug-likeness (QED) is 0.390. The highest BCUT2D eigenvalue weighted by molar-refractivity contribution is 14.1. The molecule has 3 nitrogen and oxygen atoms in total. The summed E-state index contributed by atoms with van der Waals surface area (Å²) in [5.41, 5.74) is 1.87. The first kappa shape index (κ1) is 13.8. The lowest BCUT2D eigenvalue weighted by molar-refractivity contribution is -0.136. The van der Waals surface area contributed by atoms with Crippen LogP contribution in [0.2, 0.25) is 0 Å². The van der Waals surface area contributed by atoms with E-state index in [0.717, 1.165) is 24.0 Å². The zero-order chi connectivity index (χ0) is 13.3. The first-order valence-electron chi connectivity index (χ1n) is 6.16. The zero-order valence-corrected chi connectivity index (χ0v) is 12.7. The number of fused-ring (bicyclic) bond motifs is 1. The van der Waals surface area contributed by atoms with E-state index in [9.17, 15) is 9.90 Å². The average molecular weight is 360 g/mol. The van der Waals surface area contributed by atoms with Gasteiger partial charge in [0.15, 0.2) is 0 Å². The number of benzene rings is 1. The summed E-state index contributed by atoms with van der Waals surface area (Å²) in [5.74, 6) is 0.380. The van der Waals surface area contributed by atoms with Crippen molar-refractivity contribution in [2.24, 2.45) is 0 Å². The van der Waals surface area contributed by atoms with E-state index < -0.39 is 9.53 Å². The van der Waals surface area contributed by atoms with Crippen molar-refractivity contribution in [3.05, 3.63) is 29.3 Å². The molecule has 0 radical (unpaired) electrons. The van der Waals surface area contributed by atoms with Crippen LogP contribution in [-0.4, -0.2) is 14.5 Å². The Kier molecular flexibility index (Phi) is 3.96. The summed E-state index contributed by atoms with van der Waals surface area (Å²) in [4.78, 5) is 12.1. The van der Waals surface area contributed by atoms with Gasteiger partial charge in [-0.1, -0.05) is 41.6 Å². The van der Waals surface area contributed by atoms with Crippen LogP contribution in [0.1, 0.15) is 43.9 Å². The summed E-state index contributed by atoms with van der Waals surface area (Å²) in [6.07, 6.45) is 1.78. The van der Waals surface area contributed by atoms with Gasteiger partial charge in [-0.15, -0.1) is 0 Å². The van der Waals surface area contributed by atoms with Gasteiger partial charge in [0, 0.05) is 5.56 Å². The molecule has 0 bridgehead atoms. The SMILES string of the molecule is CCC(C)(I)C(=O)Oc1cccc2c1CCC2O. The van der Waals surface area contributed by atoms with Gasteiger partial charge in [0.2, 0.25) is 0 Å². The number of alkyl halides is 1. The van der Waals surface area contributed by atoms with Crippen LogP contribution in [0.4, 0.5) is 0 Å². The number of carbonyl (C=O) groups is 1. The minimum Gasteiger partial charge on any atom is -0.425 e. The van der Waals surface area contributed by atoms with Gasteiger partial charge in [-0.05, 0) is 37.8 Å². The molecule has 0 amide bonds. The van der Waals surface area contributed by atoms with Gasteiger partial charge in [-0.25, -0.2) is 0 Å². The molecule has 0 heterocycles. The smallest absolute Gasteiger partial charge is 0.327 e. The summed E-state index contributed by atoms with van der Waals surface area (Å²) in [6, 6.07) is 5.52. The lowest BCUT2D eigenvalue weighted by Crippen LogP contribution is -2.32. The van der Waals surface area contributed by atoms with Crippen molar-refractivity contribution in [2.75, 3.05) is 0 Å². The topological polar surface area (TPSA) is 46.5 Å². The fourth-order valence-electron chi connectivity index (χ4n) is 2.05. The molecular formula is C14H17IO3. The van der Waals surface area contributed by atoms with Crippen LogP contribution in [-0.2, 0) is 11.2 Å². The number of aliphatic hydroxyl groups excluding tert-OH is 1. The second-order valence-electron chi connectivity index (χ2n) is 4.82. The van der Waals surface area contributed by atoms with Crippen molar-refractivity contribution in [1.29, 1.82) is 0 Å². The molecular weight excluding hydrogens is 343 g/mol. The van der Waals surface area contributed by atoms with Crippen LogP contribution in [0.25, 0.3) is 0 Å². The minimum atomic E-state index is -0.502. The molecule has 0 saturated heterocycles. The fourth-order valence-corrected chi connectivity index (χ4v) is 2.16. The predicted octanol–water partition coefficient (Wildman–Crippen LogP) is 3.18. The maximum atomic E-state index is 12.1. The second kappa shape index (κ2) is 5.17. The van der Waals surface area contributed by atoms with Gasteiger partial charge < -0.3 is 9.84 Å². The summed E-state index contributed by atoms with van der Waals surface area (Å²) in [5, 5.41) is 9.80. The lowest BCUT2D eigenvalue weighted by Gasteiger charge is -2.19. The van der Waals surface area contributed by atoms with Crippen LogP contribution in [0.3, 0.4) is 0 Å². The van der Waals surface area contributed by atoms with Gasteiger partial charge >= 0.3 is 5.97 Å². The Hall–Kier alpha value is -0.620. The first-order valence-corrected chi connectivity index (χ1v) is 7.24. The molecule has 1 aliphatic carbocycles. The molecule has 18 heavy (non-hydrogen) atoms. The van der Waals surface area contributed by atoms with Crippen LogP contribution in [0.15, 0.2) is 18.2 Å². The van der Waals surface area contributed by atoms with Gasteiger partial charge in [-0.2, -0.15) is 0 Å². The van der Waals surface area contributed by atoms with Crippen molar-refractivity contribution in [3.63, 3.8) is 0 Å². The monoisotopic (exact) mass is 360 g/mol. The molecule has 0 fully saturated rings. The number of esters is 1. The highest BCUT2D eigenvalue weighted by atomic mass is 127. The highest BCUT2D eigenvalue weighted by Crippen LogP contribution is 2.37. The van der Waals surface area contributed by atoms with Gasteiger partial charge in [0.1, 0.15) is 9.17 Å². The standard InChI is InChI=1S/C14H17IO3/c1-3-14(2,15)13(17)18-12-6-4-5-9-10(12)7-8-11(9)16/h4-6,11,16H,3,7-8H2,1-2H3. The molecule has 2 rings (SSSR count). The first-order chi connectivity index (χ1) is 8.45. The van der Waals surface area contributed by atoms with Gasteiger partial charge in [0.25, 0.3) is 0 Å². The molecule has 0 aromatic heterocycles. The largest absolute Gasteiger partial charge is 0.425 e. The molecule has 1 N–H and O–H groups in total. The van der Waals surface area contributed by atoms with Gasteiger partial charge in [0.05, 0.1) is 6.10 Å². The number of hydrogen-bond acceptors (Lipinski definition) is 3. The average Bonchev–Trinajstić information content (AvgIpc) is 2.72. The van der Waals surface area contributed by atoms with Crippen molar-refractivity contribution < 1.29 is 14.6 Å². The van der Waals surface area contributed by atoms with E-state index >= 15 is 0 Å². The fraction of sp³-hybridized carbons (Fsp3) is 0.500. The lowest BCUT2D eigenvalue weighted by atomic mass is 10.1. The Labute approximate surface area is 121 Å². The Balaban J connectivity index is 2.24. The van der Waals surface area contributed by atoms with Crippen LogP contribution in [0.5, 0.6) is 5.75 Å². The maximum Gasteiger partial charge on any atom is 0.327 e. The Morgan fingerprint density at radius 1 is 1.61 bits per heavy atom. The van der Waals surface area contributed by atoms with Crippen LogP contribution in [0, 0.1) is 0 Å². The van der Waals surface area contributed by atoms with Crippen molar-refractivity contribution in [1.82, 2.24) is 0 Å². The number of hydrogen-bond donors (Lipinski definition) is 1. The Bertz CT molecular complexity index is 468. The summed E-state index contributed by atoms with van der Waals surface area (Å²) in [6.45, 7) is 3.83. The molecule has 2 atom stereocenters. The Morgan fingerprint density at radius 3 is 3.00 bits per heavy atom. The molecule has 0 spiro atoms. The number of ether oxygens (including phenoxy) is 1.